The normalized spacial score (nSPS) is 15.0. The highest BCUT2D eigenvalue weighted by Crippen LogP contribution is 2.51. The molecule has 2 aliphatic rings. The van der Waals surface area contributed by atoms with Crippen LogP contribution < -0.4 is 20.1 Å². The molecule has 1 heterocycles. The van der Waals surface area contributed by atoms with Crippen LogP contribution >= 0.6 is 11.6 Å². The molecule has 1 amide bonds. The molecule has 1 saturated carbocycles. The van der Waals surface area contributed by atoms with Gasteiger partial charge in [0.25, 0.3) is 0 Å². The number of halogens is 1. The number of rotatable bonds is 7. The van der Waals surface area contributed by atoms with Gasteiger partial charge >= 0.3 is 5.97 Å². The smallest absolute Gasteiger partial charge is 0.322 e. The van der Waals surface area contributed by atoms with E-state index < -0.39 is 11.4 Å². The number of hydrogen-bond acceptors (Lipinski definition) is 5. The Morgan fingerprint density at radius 1 is 1.03 bits per heavy atom. The number of ether oxygens (including phenoxy) is 2. The quantitative estimate of drug-likeness (QED) is 0.431. The number of fused-ring (bicyclic) bond motifs is 1. The van der Waals surface area contributed by atoms with Gasteiger partial charge in [0.05, 0.1) is 16.1 Å². The summed E-state index contributed by atoms with van der Waals surface area (Å²) < 4.78 is 10.9. The highest BCUT2D eigenvalue weighted by molar-refractivity contribution is 6.33. The second-order valence-electron chi connectivity index (χ2n) is 8.58. The lowest BCUT2D eigenvalue weighted by molar-refractivity contribution is -0.135. The van der Waals surface area contributed by atoms with Gasteiger partial charge in [0.15, 0.2) is 11.5 Å². The van der Waals surface area contributed by atoms with Crippen molar-refractivity contribution in [3.8, 4) is 22.6 Å². The fourth-order valence-corrected chi connectivity index (χ4v) is 4.47. The third-order valence-corrected chi connectivity index (χ3v) is 6.63. The first kappa shape index (κ1) is 22.1. The molecule has 1 aliphatic carbocycles. The first-order valence-corrected chi connectivity index (χ1v) is 11.3. The fourth-order valence-electron chi connectivity index (χ4n) is 4.22. The van der Waals surface area contributed by atoms with Crippen LogP contribution in [0.2, 0.25) is 5.02 Å². The SMILES string of the molecule is Cc1ccc(NC(=O)C2(c3ccc4c(c3)OCO4)CC2)cc1-c1ccc(NCC(=O)O)c(Cl)c1. The zero-order chi connectivity index (χ0) is 23.9. The maximum absolute atomic E-state index is 13.3. The molecule has 0 bridgehead atoms. The number of carboxylic acid groups (broad SMARTS) is 1. The monoisotopic (exact) mass is 478 g/mol. The highest BCUT2D eigenvalue weighted by atomic mass is 35.5. The van der Waals surface area contributed by atoms with Crippen molar-refractivity contribution < 1.29 is 24.2 Å². The van der Waals surface area contributed by atoms with Crippen LogP contribution in [0.1, 0.15) is 24.0 Å². The average molecular weight is 479 g/mol. The third kappa shape index (κ3) is 4.15. The van der Waals surface area contributed by atoms with Crippen LogP contribution in [0.5, 0.6) is 11.5 Å². The van der Waals surface area contributed by atoms with E-state index in [9.17, 15) is 9.59 Å². The lowest BCUT2D eigenvalue weighted by atomic mass is 9.94. The second kappa shape index (κ2) is 8.57. The molecular formula is C26H23ClN2O5. The highest BCUT2D eigenvalue weighted by Gasteiger charge is 2.51. The van der Waals surface area contributed by atoms with Crippen molar-refractivity contribution in [1.29, 1.82) is 0 Å². The fraction of sp³-hybridized carbons (Fsp3) is 0.231. The molecule has 0 unspecified atom stereocenters. The van der Waals surface area contributed by atoms with Crippen molar-refractivity contribution in [2.45, 2.75) is 25.2 Å². The Bertz CT molecular complexity index is 1300. The Morgan fingerprint density at radius 2 is 1.82 bits per heavy atom. The standard InChI is InChI=1S/C26H23ClN2O5/c1-15-2-5-18(12-19(15)16-3-6-21(20(27)10-16)28-13-24(30)31)29-25(32)26(8-9-26)17-4-7-22-23(11-17)34-14-33-22/h2-7,10-12,28H,8-9,13-14H2,1H3,(H,29,32)(H,30,31). The first-order valence-electron chi connectivity index (χ1n) is 10.9. The van der Waals surface area contributed by atoms with Crippen molar-refractivity contribution >= 4 is 34.9 Å². The number of hydrogen-bond donors (Lipinski definition) is 3. The summed E-state index contributed by atoms with van der Waals surface area (Å²) in [5.74, 6) is 0.361. The molecule has 0 saturated heterocycles. The van der Waals surface area contributed by atoms with E-state index in [0.717, 1.165) is 35.1 Å². The number of aryl methyl sites for hydroxylation is 1. The molecule has 0 spiro atoms. The first-order chi connectivity index (χ1) is 16.4. The Labute approximate surface area is 201 Å². The molecule has 3 aromatic carbocycles. The minimum absolute atomic E-state index is 0.0487. The van der Waals surface area contributed by atoms with E-state index in [1.54, 1.807) is 12.1 Å². The molecule has 3 N–H and O–H groups in total. The van der Waals surface area contributed by atoms with E-state index in [0.29, 0.717) is 27.9 Å². The summed E-state index contributed by atoms with van der Waals surface area (Å²) in [6, 6.07) is 16.9. The van der Waals surface area contributed by atoms with E-state index in [4.69, 9.17) is 26.2 Å². The summed E-state index contributed by atoms with van der Waals surface area (Å²) in [5, 5.41) is 15.2. The minimum Gasteiger partial charge on any atom is -0.480 e. The van der Waals surface area contributed by atoms with Gasteiger partial charge in [-0.05, 0) is 78.4 Å². The average Bonchev–Trinajstić information content (AvgIpc) is 3.50. The summed E-state index contributed by atoms with van der Waals surface area (Å²) in [7, 11) is 0. The number of nitrogens with one attached hydrogen (secondary N) is 2. The van der Waals surface area contributed by atoms with Gasteiger partial charge in [0.1, 0.15) is 6.54 Å². The number of benzene rings is 3. The van der Waals surface area contributed by atoms with Gasteiger partial charge in [-0.25, -0.2) is 0 Å². The second-order valence-corrected chi connectivity index (χ2v) is 8.98. The Kier molecular flexibility index (Phi) is 5.57. The number of aliphatic carboxylic acids is 1. The van der Waals surface area contributed by atoms with Gasteiger partial charge < -0.3 is 25.2 Å². The maximum atomic E-state index is 13.3. The molecule has 8 heteroatoms. The third-order valence-electron chi connectivity index (χ3n) is 6.32. The Morgan fingerprint density at radius 3 is 2.56 bits per heavy atom. The molecule has 34 heavy (non-hydrogen) atoms. The Balaban J connectivity index is 1.36. The van der Waals surface area contributed by atoms with Crippen molar-refractivity contribution in [3.05, 3.63) is 70.7 Å². The molecule has 1 aliphatic heterocycles. The lowest BCUT2D eigenvalue weighted by Gasteiger charge is -2.17. The van der Waals surface area contributed by atoms with Gasteiger partial charge in [-0.15, -0.1) is 0 Å². The largest absolute Gasteiger partial charge is 0.480 e. The van der Waals surface area contributed by atoms with Crippen LogP contribution in [0, 0.1) is 6.92 Å². The predicted octanol–water partition coefficient (Wildman–Crippen LogP) is 5.21. The molecule has 0 aromatic heterocycles. The van der Waals surface area contributed by atoms with E-state index in [1.807, 2.05) is 49.4 Å². The summed E-state index contributed by atoms with van der Waals surface area (Å²) in [5.41, 5.74) is 4.44. The molecule has 5 rings (SSSR count). The summed E-state index contributed by atoms with van der Waals surface area (Å²) in [4.78, 5) is 24.1. The maximum Gasteiger partial charge on any atom is 0.322 e. The van der Waals surface area contributed by atoms with Crippen molar-refractivity contribution in [2.75, 3.05) is 24.0 Å². The van der Waals surface area contributed by atoms with Crippen LogP contribution in [0.25, 0.3) is 11.1 Å². The van der Waals surface area contributed by atoms with Gasteiger partial charge in [-0.1, -0.05) is 29.8 Å². The van der Waals surface area contributed by atoms with E-state index in [2.05, 4.69) is 10.6 Å². The zero-order valence-corrected chi connectivity index (χ0v) is 19.2. The molecule has 1 fully saturated rings. The van der Waals surface area contributed by atoms with Crippen LogP contribution in [-0.4, -0.2) is 30.3 Å². The molecule has 7 nitrogen and oxygen atoms in total. The number of anilines is 2. The summed E-state index contributed by atoms with van der Waals surface area (Å²) >= 11 is 6.37. The number of carbonyl (C=O) groups excluding carboxylic acids is 1. The summed E-state index contributed by atoms with van der Waals surface area (Å²) in [6.07, 6.45) is 1.55. The van der Waals surface area contributed by atoms with Crippen LogP contribution in [-0.2, 0) is 15.0 Å². The van der Waals surface area contributed by atoms with E-state index in [1.165, 1.54) is 0 Å². The molecular weight excluding hydrogens is 456 g/mol. The van der Waals surface area contributed by atoms with Gasteiger partial charge in [-0.3, -0.25) is 9.59 Å². The number of amides is 1. The topological polar surface area (TPSA) is 96.9 Å². The van der Waals surface area contributed by atoms with Crippen molar-refractivity contribution in [2.24, 2.45) is 0 Å². The minimum atomic E-state index is -0.964. The molecule has 174 valence electrons. The predicted molar refractivity (Wildman–Crippen MR) is 130 cm³/mol. The van der Waals surface area contributed by atoms with E-state index in [-0.39, 0.29) is 19.2 Å². The molecule has 3 aromatic rings. The van der Waals surface area contributed by atoms with Crippen molar-refractivity contribution in [3.63, 3.8) is 0 Å². The van der Waals surface area contributed by atoms with E-state index >= 15 is 0 Å². The lowest BCUT2D eigenvalue weighted by Crippen LogP contribution is -2.27. The number of carboxylic acids is 1. The van der Waals surface area contributed by atoms with Crippen LogP contribution in [0.4, 0.5) is 11.4 Å². The van der Waals surface area contributed by atoms with Gasteiger partial charge in [-0.2, -0.15) is 0 Å². The van der Waals surface area contributed by atoms with Gasteiger partial charge in [0, 0.05) is 5.69 Å². The summed E-state index contributed by atoms with van der Waals surface area (Å²) in [6.45, 7) is 1.97. The molecule has 0 atom stereocenters. The zero-order valence-electron chi connectivity index (χ0n) is 18.5. The Hall–Kier alpha value is -3.71. The molecule has 0 radical (unpaired) electrons. The number of carbonyl (C=O) groups is 2. The van der Waals surface area contributed by atoms with Crippen molar-refractivity contribution in [1.82, 2.24) is 0 Å². The van der Waals surface area contributed by atoms with Crippen LogP contribution in [0.15, 0.2) is 54.6 Å². The van der Waals surface area contributed by atoms with Crippen LogP contribution in [0.3, 0.4) is 0 Å². The van der Waals surface area contributed by atoms with Gasteiger partial charge in [0.2, 0.25) is 12.7 Å².